The number of methoxy groups -OCH3 is 1. The molecule has 0 radical (unpaired) electrons. The molecule has 1 fully saturated rings. The predicted octanol–water partition coefficient (Wildman–Crippen LogP) is 1.95. The average Bonchev–Trinajstić information content (AvgIpc) is 2.90. The third-order valence-electron chi connectivity index (χ3n) is 3.39. The van der Waals surface area contributed by atoms with Crippen LogP contribution in [0.2, 0.25) is 0 Å². The van der Waals surface area contributed by atoms with Crippen molar-refractivity contribution in [3.8, 4) is 5.75 Å². The standard InChI is InChI=1S/C14H16N2O3/c1-18-12-2-3-13-11(10-12)4-5-16(13)14(17)15-6-8-19-9-7-15/h2-5,10H,6-9H2,1H3. The van der Waals surface area contributed by atoms with Crippen LogP contribution in [0.4, 0.5) is 4.79 Å². The predicted molar refractivity (Wildman–Crippen MR) is 71.7 cm³/mol. The van der Waals surface area contributed by atoms with Crippen molar-refractivity contribution in [2.75, 3.05) is 33.4 Å². The van der Waals surface area contributed by atoms with Crippen LogP contribution < -0.4 is 4.74 Å². The van der Waals surface area contributed by atoms with Gasteiger partial charge in [-0.15, -0.1) is 0 Å². The highest BCUT2D eigenvalue weighted by Gasteiger charge is 2.19. The molecule has 0 N–H and O–H groups in total. The third-order valence-corrected chi connectivity index (χ3v) is 3.39. The Hall–Kier alpha value is -2.01. The summed E-state index contributed by atoms with van der Waals surface area (Å²) in [4.78, 5) is 14.2. The highest BCUT2D eigenvalue weighted by Crippen LogP contribution is 2.22. The van der Waals surface area contributed by atoms with Crippen molar-refractivity contribution in [2.24, 2.45) is 0 Å². The highest BCUT2D eigenvalue weighted by atomic mass is 16.5. The molecule has 19 heavy (non-hydrogen) atoms. The van der Waals surface area contributed by atoms with Crippen molar-refractivity contribution in [3.05, 3.63) is 30.5 Å². The van der Waals surface area contributed by atoms with Crippen molar-refractivity contribution >= 4 is 16.9 Å². The summed E-state index contributed by atoms with van der Waals surface area (Å²) in [7, 11) is 1.64. The molecule has 1 aromatic heterocycles. The third kappa shape index (κ3) is 2.17. The zero-order chi connectivity index (χ0) is 13.2. The summed E-state index contributed by atoms with van der Waals surface area (Å²) in [6, 6.07) is 7.63. The molecule has 1 aliphatic rings. The largest absolute Gasteiger partial charge is 0.497 e. The number of amides is 1. The molecule has 0 unspecified atom stereocenters. The second-order valence-corrected chi connectivity index (χ2v) is 4.49. The Labute approximate surface area is 111 Å². The van der Waals surface area contributed by atoms with Gasteiger partial charge in [-0.25, -0.2) is 4.79 Å². The van der Waals surface area contributed by atoms with Gasteiger partial charge in [-0.2, -0.15) is 0 Å². The fourth-order valence-electron chi connectivity index (χ4n) is 2.32. The number of ether oxygens (including phenoxy) is 2. The Balaban J connectivity index is 1.93. The molecule has 5 heteroatoms. The van der Waals surface area contributed by atoms with E-state index in [1.54, 1.807) is 11.7 Å². The van der Waals surface area contributed by atoms with Crippen LogP contribution in [0.5, 0.6) is 5.75 Å². The zero-order valence-electron chi connectivity index (χ0n) is 10.8. The number of carbonyl (C=O) groups excluding carboxylic acids is 1. The zero-order valence-corrected chi connectivity index (χ0v) is 10.8. The van der Waals surface area contributed by atoms with E-state index in [4.69, 9.17) is 9.47 Å². The molecule has 5 nitrogen and oxygen atoms in total. The molecule has 0 saturated carbocycles. The van der Waals surface area contributed by atoms with Crippen LogP contribution in [0, 0.1) is 0 Å². The smallest absolute Gasteiger partial charge is 0.328 e. The molecule has 1 saturated heterocycles. The van der Waals surface area contributed by atoms with Gasteiger partial charge in [-0.1, -0.05) is 0 Å². The van der Waals surface area contributed by atoms with Crippen LogP contribution in [-0.2, 0) is 4.74 Å². The number of nitrogens with zero attached hydrogens (tertiary/aromatic N) is 2. The molecular weight excluding hydrogens is 244 g/mol. The van der Waals surface area contributed by atoms with E-state index in [2.05, 4.69) is 0 Å². The molecule has 2 aromatic rings. The van der Waals surface area contributed by atoms with Gasteiger partial charge < -0.3 is 14.4 Å². The maximum absolute atomic E-state index is 12.4. The number of fused-ring (bicyclic) bond motifs is 1. The van der Waals surface area contributed by atoms with E-state index in [1.807, 2.05) is 35.4 Å². The number of morpholine rings is 1. The summed E-state index contributed by atoms with van der Waals surface area (Å²) in [6.45, 7) is 2.51. The maximum Gasteiger partial charge on any atom is 0.328 e. The Morgan fingerprint density at radius 2 is 2.05 bits per heavy atom. The summed E-state index contributed by atoms with van der Waals surface area (Å²) in [5, 5.41) is 1.00. The number of hydrogen-bond acceptors (Lipinski definition) is 3. The van der Waals surface area contributed by atoms with E-state index in [0.29, 0.717) is 26.3 Å². The Morgan fingerprint density at radius 1 is 1.26 bits per heavy atom. The number of rotatable bonds is 1. The van der Waals surface area contributed by atoms with Crippen molar-refractivity contribution in [2.45, 2.75) is 0 Å². The van der Waals surface area contributed by atoms with E-state index < -0.39 is 0 Å². The lowest BCUT2D eigenvalue weighted by atomic mass is 10.2. The minimum absolute atomic E-state index is 0.00321. The maximum atomic E-state index is 12.4. The topological polar surface area (TPSA) is 43.7 Å². The van der Waals surface area contributed by atoms with Crippen molar-refractivity contribution in [1.82, 2.24) is 9.47 Å². The molecule has 0 spiro atoms. The monoisotopic (exact) mass is 260 g/mol. The van der Waals surface area contributed by atoms with Crippen LogP contribution in [0.3, 0.4) is 0 Å². The van der Waals surface area contributed by atoms with E-state index in [0.717, 1.165) is 16.7 Å². The minimum Gasteiger partial charge on any atom is -0.497 e. The van der Waals surface area contributed by atoms with Gasteiger partial charge in [0.15, 0.2) is 0 Å². The molecule has 1 aromatic carbocycles. The molecule has 100 valence electrons. The summed E-state index contributed by atoms with van der Waals surface area (Å²) in [6.07, 6.45) is 1.81. The van der Waals surface area contributed by atoms with E-state index in [1.165, 1.54) is 0 Å². The normalized spacial score (nSPS) is 15.7. The lowest BCUT2D eigenvalue weighted by Gasteiger charge is -2.27. The van der Waals surface area contributed by atoms with Gasteiger partial charge in [0.2, 0.25) is 0 Å². The summed E-state index contributed by atoms with van der Waals surface area (Å²) >= 11 is 0. The number of carbonyl (C=O) groups is 1. The van der Waals surface area contributed by atoms with Crippen LogP contribution in [0.25, 0.3) is 10.9 Å². The fraction of sp³-hybridized carbons (Fsp3) is 0.357. The van der Waals surface area contributed by atoms with Crippen molar-refractivity contribution in [3.63, 3.8) is 0 Å². The molecule has 0 bridgehead atoms. The van der Waals surface area contributed by atoms with Crippen LogP contribution >= 0.6 is 0 Å². The Morgan fingerprint density at radius 3 is 2.79 bits per heavy atom. The van der Waals surface area contributed by atoms with Crippen LogP contribution in [0.15, 0.2) is 30.5 Å². The molecular formula is C14H16N2O3. The van der Waals surface area contributed by atoms with Crippen LogP contribution in [0.1, 0.15) is 0 Å². The van der Waals surface area contributed by atoms with E-state index >= 15 is 0 Å². The first-order valence-electron chi connectivity index (χ1n) is 6.32. The molecule has 2 heterocycles. The Kier molecular flexibility index (Phi) is 3.13. The highest BCUT2D eigenvalue weighted by molar-refractivity contribution is 5.92. The first-order chi connectivity index (χ1) is 9.29. The second kappa shape index (κ2) is 4.93. The summed E-state index contributed by atoms with van der Waals surface area (Å²) in [5.41, 5.74) is 0.900. The van der Waals surface area contributed by atoms with Gasteiger partial charge in [0, 0.05) is 24.7 Å². The fourth-order valence-corrected chi connectivity index (χ4v) is 2.32. The minimum atomic E-state index is 0.00321. The first kappa shape index (κ1) is 12.0. The first-order valence-corrected chi connectivity index (χ1v) is 6.32. The van der Waals surface area contributed by atoms with Crippen LogP contribution in [-0.4, -0.2) is 48.9 Å². The molecule has 0 atom stereocenters. The molecule has 0 aliphatic carbocycles. The molecule has 3 rings (SSSR count). The van der Waals surface area contributed by atoms with Gasteiger partial charge in [0.1, 0.15) is 5.75 Å². The SMILES string of the molecule is COc1ccc2c(ccn2C(=O)N2CCOCC2)c1. The second-order valence-electron chi connectivity index (χ2n) is 4.49. The number of benzene rings is 1. The van der Waals surface area contributed by atoms with Gasteiger partial charge in [-0.05, 0) is 24.3 Å². The van der Waals surface area contributed by atoms with Gasteiger partial charge in [0.25, 0.3) is 0 Å². The number of hydrogen-bond donors (Lipinski definition) is 0. The summed E-state index contributed by atoms with van der Waals surface area (Å²) < 4.78 is 12.1. The van der Waals surface area contributed by atoms with Crippen molar-refractivity contribution in [1.29, 1.82) is 0 Å². The molecule has 1 amide bonds. The van der Waals surface area contributed by atoms with E-state index in [9.17, 15) is 4.79 Å². The quantitative estimate of drug-likeness (QED) is 0.787. The molecule has 1 aliphatic heterocycles. The summed E-state index contributed by atoms with van der Waals surface area (Å²) in [5.74, 6) is 0.795. The van der Waals surface area contributed by atoms with Crippen molar-refractivity contribution < 1.29 is 14.3 Å². The van der Waals surface area contributed by atoms with Gasteiger partial charge in [-0.3, -0.25) is 4.57 Å². The van der Waals surface area contributed by atoms with Gasteiger partial charge >= 0.3 is 6.03 Å². The van der Waals surface area contributed by atoms with E-state index in [-0.39, 0.29) is 6.03 Å². The Bertz CT molecular complexity index is 600. The lowest BCUT2D eigenvalue weighted by Crippen LogP contribution is -2.42. The lowest BCUT2D eigenvalue weighted by molar-refractivity contribution is 0.0538. The average molecular weight is 260 g/mol. The van der Waals surface area contributed by atoms with Gasteiger partial charge in [0.05, 0.1) is 25.8 Å². The number of aromatic nitrogens is 1.